The van der Waals surface area contributed by atoms with Gasteiger partial charge in [0.15, 0.2) is 0 Å². The van der Waals surface area contributed by atoms with E-state index >= 15 is 0 Å². The number of ether oxygens (including phenoxy) is 1. The fourth-order valence-corrected chi connectivity index (χ4v) is 4.30. The van der Waals surface area contributed by atoms with Crippen molar-refractivity contribution in [1.82, 2.24) is 14.9 Å². The summed E-state index contributed by atoms with van der Waals surface area (Å²) in [5.41, 5.74) is 0. The molecule has 0 radical (unpaired) electrons. The lowest BCUT2D eigenvalue weighted by Crippen LogP contribution is -2.51. The van der Waals surface area contributed by atoms with Crippen LogP contribution in [0, 0.1) is 6.92 Å². The van der Waals surface area contributed by atoms with Gasteiger partial charge in [-0.3, -0.25) is 4.90 Å². The Hall–Kier alpha value is -1.50. The Bertz CT molecular complexity index is 632. The standard InChI is InChI=1S/C16H20N4OS/c1-12-3-4-13(22-12)9-19-10-14-15(11-19)21-8-7-20(14)16-17-5-2-6-18-16/h2-6,14-15H,7-11H2,1H3/t14-,15-/m0/s1. The van der Waals surface area contributed by atoms with Gasteiger partial charge in [0.2, 0.25) is 5.95 Å². The largest absolute Gasteiger partial charge is 0.373 e. The molecule has 116 valence electrons. The Balaban J connectivity index is 1.48. The Morgan fingerprint density at radius 1 is 1.27 bits per heavy atom. The third-order valence-corrected chi connectivity index (χ3v) is 5.35. The molecule has 0 aliphatic carbocycles. The molecule has 2 aliphatic rings. The number of aromatic nitrogens is 2. The quantitative estimate of drug-likeness (QED) is 0.865. The van der Waals surface area contributed by atoms with E-state index in [2.05, 4.69) is 38.8 Å². The van der Waals surface area contributed by atoms with E-state index in [1.165, 1.54) is 9.75 Å². The van der Waals surface area contributed by atoms with Crippen LogP contribution in [-0.4, -0.2) is 53.3 Å². The molecule has 4 heterocycles. The molecule has 0 aromatic carbocycles. The van der Waals surface area contributed by atoms with E-state index in [9.17, 15) is 0 Å². The van der Waals surface area contributed by atoms with Gasteiger partial charge in [-0.1, -0.05) is 0 Å². The highest BCUT2D eigenvalue weighted by molar-refractivity contribution is 7.11. The van der Waals surface area contributed by atoms with Gasteiger partial charge < -0.3 is 9.64 Å². The molecule has 22 heavy (non-hydrogen) atoms. The predicted octanol–water partition coefficient (Wildman–Crippen LogP) is 1.94. The average Bonchev–Trinajstić information content (AvgIpc) is 3.13. The summed E-state index contributed by atoms with van der Waals surface area (Å²) >= 11 is 1.88. The van der Waals surface area contributed by atoms with Gasteiger partial charge in [-0.05, 0) is 25.1 Å². The molecule has 5 nitrogen and oxygen atoms in total. The minimum Gasteiger partial charge on any atom is -0.373 e. The van der Waals surface area contributed by atoms with Gasteiger partial charge in [0.1, 0.15) is 0 Å². The third-order valence-electron chi connectivity index (χ3n) is 4.36. The van der Waals surface area contributed by atoms with Crippen molar-refractivity contribution in [3.05, 3.63) is 40.3 Å². The maximum absolute atomic E-state index is 5.99. The van der Waals surface area contributed by atoms with Crippen molar-refractivity contribution < 1.29 is 4.74 Å². The van der Waals surface area contributed by atoms with Gasteiger partial charge in [-0.15, -0.1) is 11.3 Å². The summed E-state index contributed by atoms with van der Waals surface area (Å²) in [6, 6.07) is 6.66. The van der Waals surface area contributed by atoms with Gasteiger partial charge >= 0.3 is 0 Å². The van der Waals surface area contributed by atoms with Crippen LogP contribution in [0.3, 0.4) is 0 Å². The third kappa shape index (κ3) is 2.74. The zero-order valence-corrected chi connectivity index (χ0v) is 13.5. The van der Waals surface area contributed by atoms with Crippen LogP contribution in [0.1, 0.15) is 9.75 Å². The normalized spacial score (nSPS) is 25.4. The molecule has 0 spiro atoms. The number of fused-ring (bicyclic) bond motifs is 1. The predicted molar refractivity (Wildman–Crippen MR) is 87.2 cm³/mol. The smallest absolute Gasteiger partial charge is 0.225 e. The van der Waals surface area contributed by atoms with Crippen molar-refractivity contribution in [2.45, 2.75) is 25.6 Å². The zero-order valence-electron chi connectivity index (χ0n) is 12.7. The minimum absolute atomic E-state index is 0.263. The SMILES string of the molecule is Cc1ccc(CN2C[C@@H]3OCCN(c4ncccn4)[C@H]3C2)s1. The van der Waals surface area contributed by atoms with E-state index in [1.807, 2.05) is 29.8 Å². The summed E-state index contributed by atoms with van der Waals surface area (Å²) in [6.45, 7) is 6.81. The summed E-state index contributed by atoms with van der Waals surface area (Å²) in [4.78, 5) is 16.4. The molecule has 2 saturated heterocycles. The highest BCUT2D eigenvalue weighted by Crippen LogP contribution is 2.27. The number of hydrogen-bond donors (Lipinski definition) is 0. The first-order chi connectivity index (χ1) is 10.8. The second-order valence-electron chi connectivity index (χ2n) is 5.93. The Morgan fingerprint density at radius 3 is 2.91 bits per heavy atom. The molecule has 0 N–H and O–H groups in total. The van der Waals surface area contributed by atoms with Crippen LogP contribution < -0.4 is 4.90 Å². The minimum atomic E-state index is 0.263. The van der Waals surface area contributed by atoms with E-state index < -0.39 is 0 Å². The number of anilines is 1. The fourth-order valence-electron chi connectivity index (χ4n) is 3.37. The van der Waals surface area contributed by atoms with Crippen LogP contribution >= 0.6 is 11.3 Å². The van der Waals surface area contributed by atoms with Crippen LogP contribution in [0.15, 0.2) is 30.6 Å². The number of likely N-dealkylation sites (tertiary alicyclic amines) is 1. The van der Waals surface area contributed by atoms with Crippen molar-refractivity contribution >= 4 is 17.3 Å². The molecular formula is C16H20N4OS. The Kier molecular flexibility index (Phi) is 3.82. The lowest BCUT2D eigenvalue weighted by atomic mass is 10.1. The topological polar surface area (TPSA) is 41.5 Å². The summed E-state index contributed by atoms with van der Waals surface area (Å²) in [5, 5.41) is 0. The van der Waals surface area contributed by atoms with Gasteiger partial charge in [-0.2, -0.15) is 0 Å². The highest BCUT2D eigenvalue weighted by atomic mass is 32.1. The summed E-state index contributed by atoms with van der Waals surface area (Å²) < 4.78 is 5.99. The van der Waals surface area contributed by atoms with Crippen molar-refractivity contribution in [3.63, 3.8) is 0 Å². The van der Waals surface area contributed by atoms with Crippen molar-refractivity contribution in [2.24, 2.45) is 0 Å². The zero-order chi connectivity index (χ0) is 14.9. The Morgan fingerprint density at radius 2 is 2.14 bits per heavy atom. The number of nitrogens with zero attached hydrogens (tertiary/aromatic N) is 4. The highest BCUT2D eigenvalue weighted by Gasteiger charge is 2.41. The average molecular weight is 316 g/mol. The molecule has 0 bridgehead atoms. The maximum Gasteiger partial charge on any atom is 0.225 e. The number of rotatable bonds is 3. The molecule has 2 aromatic heterocycles. The van der Waals surface area contributed by atoms with Crippen molar-refractivity contribution in [3.8, 4) is 0 Å². The number of thiophene rings is 1. The lowest BCUT2D eigenvalue weighted by molar-refractivity contribution is 0.0301. The van der Waals surface area contributed by atoms with E-state index in [1.54, 1.807) is 0 Å². The number of morpholine rings is 1. The fraction of sp³-hybridized carbons (Fsp3) is 0.500. The van der Waals surface area contributed by atoms with Crippen LogP contribution in [0.25, 0.3) is 0 Å². The molecule has 0 amide bonds. The molecule has 2 fully saturated rings. The Labute approximate surface area is 134 Å². The number of aryl methyl sites for hydroxylation is 1. The summed E-state index contributed by atoms with van der Waals surface area (Å²) in [5.74, 6) is 0.828. The maximum atomic E-state index is 5.99. The van der Waals surface area contributed by atoms with Crippen LogP contribution in [0.5, 0.6) is 0 Å². The summed E-state index contributed by atoms with van der Waals surface area (Å²) in [7, 11) is 0. The van der Waals surface area contributed by atoms with E-state index in [-0.39, 0.29) is 6.10 Å². The molecule has 0 unspecified atom stereocenters. The van der Waals surface area contributed by atoms with Crippen LogP contribution in [-0.2, 0) is 11.3 Å². The molecule has 4 rings (SSSR count). The van der Waals surface area contributed by atoms with Gasteiger partial charge in [0, 0.05) is 48.3 Å². The second kappa shape index (κ2) is 5.95. The number of hydrogen-bond acceptors (Lipinski definition) is 6. The first-order valence-corrected chi connectivity index (χ1v) is 8.54. The lowest BCUT2D eigenvalue weighted by Gasteiger charge is -2.36. The van der Waals surface area contributed by atoms with Gasteiger partial charge in [0.05, 0.1) is 18.8 Å². The summed E-state index contributed by atoms with van der Waals surface area (Å²) in [6.07, 6.45) is 3.89. The van der Waals surface area contributed by atoms with Crippen LogP contribution in [0.4, 0.5) is 5.95 Å². The monoisotopic (exact) mass is 316 g/mol. The van der Waals surface area contributed by atoms with Gasteiger partial charge in [-0.25, -0.2) is 9.97 Å². The van der Waals surface area contributed by atoms with Crippen LogP contribution in [0.2, 0.25) is 0 Å². The van der Waals surface area contributed by atoms with E-state index in [4.69, 9.17) is 4.74 Å². The molecule has 2 aromatic rings. The van der Waals surface area contributed by atoms with Crippen molar-refractivity contribution in [1.29, 1.82) is 0 Å². The van der Waals surface area contributed by atoms with E-state index in [0.717, 1.165) is 38.7 Å². The second-order valence-corrected chi connectivity index (χ2v) is 7.30. The molecule has 2 atom stereocenters. The first kappa shape index (κ1) is 14.1. The van der Waals surface area contributed by atoms with Gasteiger partial charge in [0.25, 0.3) is 0 Å². The van der Waals surface area contributed by atoms with Crippen molar-refractivity contribution in [2.75, 3.05) is 31.1 Å². The molecule has 0 saturated carbocycles. The first-order valence-electron chi connectivity index (χ1n) is 7.72. The molecule has 6 heteroatoms. The van der Waals surface area contributed by atoms with E-state index in [0.29, 0.717) is 6.04 Å². The molecule has 2 aliphatic heterocycles. The molecular weight excluding hydrogens is 296 g/mol.